The minimum Gasteiger partial charge on any atom is -0.481 e. The molecule has 0 saturated heterocycles. The Hall–Kier alpha value is -3.28. The fourth-order valence-electron chi connectivity index (χ4n) is 9.02. The van der Waals surface area contributed by atoms with Crippen LogP contribution < -0.4 is 9.47 Å². The number of esters is 2. The summed E-state index contributed by atoms with van der Waals surface area (Å²) in [6, 6.07) is 15.6. The van der Waals surface area contributed by atoms with Gasteiger partial charge in [0.25, 0.3) is 0 Å². The molecule has 0 radical (unpaired) electrons. The Kier molecular flexibility index (Phi) is 7.49. The van der Waals surface area contributed by atoms with E-state index < -0.39 is 0 Å². The number of fused-ring (bicyclic) bond motifs is 6. The second kappa shape index (κ2) is 11.4. The fraction of sp³-hybridized carbons (Fsp3) is 0.556. The maximum atomic E-state index is 12.9. The van der Waals surface area contributed by atoms with Crippen LogP contribution in [0.25, 0.3) is 21.5 Å². The van der Waals surface area contributed by atoms with E-state index in [0.29, 0.717) is 35.2 Å². The van der Waals surface area contributed by atoms with Crippen molar-refractivity contribution < 1.29 is 28.5 Å². The van der Waals surface area contributed by atoms with E-state index in [1.54, 1.807) is 0 Å². The summed E-state index contributed by atoms with van der Waals surface area (Å²) >= 11 is 0. The molecule has 3 aromatic carbocycles. The van der Waals surface area contributed by atoms with Crippen LogP contribution in [0.5, 0.6) is 11.5 Å². The van der Waals surface area contributed by atoms with Crippen LogP contribution >= 0.6 is 0 Å². The lowest BCUT2D eigenvalue weighted by molar-refractivity contribution is -0.155. The highest BCUT2D eigenvalue weighted by atomic mass is 16.6. The Bertz CT molecular complexity index is 1310. The predicted octanol–water partition coefficient (Wildman–Crippen LogP) is 7.49. The van der Waals surface area contributed by atoms with Gasteiger partial charge in [0.2, 0.25) is 0 Å². The molecule has 6 heteroatoms. The zero-order valence-electron chi connectivity index (χ0n) is 24.8. The molecule has 0 amide bonds. The van der Waals surface area contributed by atoms with Gasteiger partial charge in [-0.15, -0.1) is 0 Å². The molecule has 222 valence electrons. The predicted molar refractivity (Wildman–Crippen MR) is 161 cm³/mol. The molecule has 7 rings (SSSR count). The van der Waals surface area contributed by atoms with Crippen LogP contribution in [-0.4, -0.2) is 37.4 Å². The molecule has 0 heterocycles. The maximum Gasteiger partial charge on any atom is 0.344 e. The van der Waals surface area contributed by atoms with E-state index in [1.165, 1.54) is 51.4 Å². The normalized spacial score (nSPS) is 29.1. The van der Waals surface area contributed by atoms with Crippen molar-refractivity contribution in [2.45, 2.75) is 77.4 Å². The Morgan fingerprint density at radius 2 is 1.00 bits per heavy atom. The van der Waals surface area contributed by atoms with E-state index in [0.717, 1.165) is 33.4 Å². The SMILES string of the molecule is CC(OC(=O)COc1c2ccccc2c(OCC(=O)OC(C)C2CC3CCC2C3)c2ccccc12)C1CC2CCC1C2. The summed E-state index contributed by atoms with van der Waals surface area (Å²) in [7, 11) is 0. The third kappa shape index (κ3) is 5.22. The van der Waals surface area contributed by atoms with Crippen LogP contribution in [0.3, 0.4) is 0 Å². The number of hydrogen-bond donors (Lipinski definition) is 0. The molecular formula is C36H42O6. The molecule has 3 aromatic rings. The zero-order chi connectivity index (χ0) is 28.8. The van der Waals surface area contributed by atoms with Gasteiger partial charge in [-0.2, -0.15) is 0 Å². The average molecular weight is 571 g/mol. The third-order valence-corrected chi connectivity index (χ3v) is 10.9. The van der Waals surface area contributed by atoms with Crippen LogP contribution in [0.1, 0.15) is 65.2 Å². The van der Waals surface area contributed by atoms with E-state index in [2.05, 4.69) is 0 Å². The van der Waals surface area contributed by atoms with Gasteiger partial charge in [0, 0.05) is 21.5 Å². The number of carbonyl (C=O) groups excluding carboxylic acids is 2. The lowest BCUT2D eigenvalue weighted by atomic mass is 9.85. The van der Waals surface area contributed by atoms with Crippen LogP contribution in [0.2, 0.25) is 0 Å². The van der Waals surface area contributed by atoms with E-state index in [-0.39, 0.29) is 37.4 Å². The summed E-state index contributed by atoms with van der Waals surface area (Å²) in [6.07, 6.45) is 9.91. The minimum absolute atomic E-state index is 0.0908. The summed E-state index contributed by atoms with van der Waals surface area (Å²) in [5.41, 5.74) is 0. The van der Waals surface area contributed by atoms with Crippen LogP contribution in [0, 0.1) is 35.5 Å². The minimum atomic E-state index is -0.342. The monoisotopic (exact) mass is 570 g/mol. The van der Waals surface area contributed by atoms with Crippen molar-refractivity contribution in [3.05, 3.63) is 48.5 Å². The van der Waals surface area contributed by atoms with Crippen molar-refractivity contribution in [2.75, 3.05) is 13.2 Å². The van der Waals surface area contributed by atoms with Gasteiger partial charge >= 0.3 is 11.9 Å². The molecule has 4 aliphatic rings. The lowest BCUT2D eigenvalue weighted by Crippen LogP contribution is -2.30. The summed E-state index contributed by atoms with van der Waals surface area (Å²) in [5.74, 6) is 4.48. The van der Waals surface area contributed by atoms with Crippen LogP contribution in [0.4, 0.5) is 0 Å². The third-order valence-electron chi connectivity index (χ3n) is 10.9. The first kappa shape index (κ1) is 27.5. The Labute approximate surface area is 248 Å². The summed E-state index contributed by atoms with van der Waals surface area (Å²) in [4.78, 5) is 25.8. The second-order valence-electron chi connectivity index (χ2n) is 13.4. The number of carbonyl (C=O) groups is 2. The molecule has 4 aliphatic carbocycles. The van der Waals surface area contributed by atoms with Gasteiger partial charge in [-0.25, -0.2) is 9.59 Å². The van der Waals surface area contributed by atoms with Crippen molar-refractivity contribution >= 4 is 33.5 Å². The molecule has 4 fully saturated rings. The van der Waals surface area contributed by atoms with Crippen LogP contribution in [-0.2, 0) is 19.1 Å². The van der Waals surface area contributed by atoms with Gasteiger partial charge in [0.15, 0.2) is 13.2 Å². The first-order valence-electron chi connectivity index (χ1n) is 16.0. The molecule has 42 heavy (non-hydrogen) atoms. The molecule has 8 atom stereocenters. The van der Waals surface area contributed by atoms with Gasteiger partial charge in [0.1, 0.15) is 23.7 Å². The molecule has 0 aliphatic heterocycles. The summed E-state index contributed by atoms with van der Waals surface area (Å²) < 4.78 is 24.2. The van der Waals surface area contributed by atoms with Crippen molar-refractivity contribution in [2.24, 2.45) is 35.5 Å². The maximum absolute atomic E-state index is 12.9. The molecule has 4 saturated carbocycles. The van der Waals surface area contributed by atoms with Crippen molar-refractivity contribution in [1.82, 2.24) is 0 Å². The largest absolute Gasteiger partial charge is 0.481 e. The van der Waals surface area contributed by atoms with E-state index in [4.69, 9.17) is 18.9 Å². The highest BCUT2D eigenvalue weighted by molar-refractivity contribution is 6.11. The highest BCUT2D eigenvalue weighted by Gasteiger charge is 2.44. The number of hydrogen-bond acceptors (Lipinski definition) is 6. The number of ether oxygens (including phenoxy) is 4. The van der Waals surface area contributed by atoms with E-state index in [1.807, 2.05) is 62.4 Å². The number of rotatable bonds is 10. The molecule has 0 N–H and O–H groups in total. The Balaban J connectivity index is 1.05. The fourth-order valence-corrected chi connectivity index (χ4v) is 9.02. The number of benzene rings is 3. The molecule has 0 aromatic heterocycles. The highest BCUT2D eigenvalue weighted by Crippen LogP contribution is 2.51. The van der Waals surface area contributed by atoms with Gasteiger partial charge < -0.3 is 18.9 Å². The van der Waals surface area contributed by atoms with Crippen molar-refractivity contribution in [3.63, 3.8) is 0 Å². The van der Waals surface area contributed by atoms with Gasteiger partial charge in [-0.1, -0.05) is 61.4 Å². The average Bonchev–Trinajstić information content (AvgIpc) is 3.82. The van der Waals surface area contributed by atoms with Crippen LogP contribution in [0.15, 0.2) is 48.5 Å². The van der Waals surface area contributed by atoms with Gasteiger partial charge in [-0.05, 0) is 87.9 Å². The van der Waals surface area contributed by atoms with E-state index >= 15 is 0 Å². The molecular weight excluding hydrogens is 528 g/mol. The summed E-state index contributed by atoms with van der Waals surface area (Å²) in [6.45, 7) is 3.74. The smallest absolute Gasteiger partial charge is 0.344 e. The van der Waals surface area contributed by atoms with Gasteiger partial charge in [-0.3, -0.25) is 0 Å². The molecule has 0 spiro atoms. The molecule has 8 unspecified atom stereocenters. The van der Waals surface area contributed by atoms with Crippen molar-refractivity contribution in [3.8, 4) is 11.5 Å². The first-order valence-corrected chi connectivity index (χ1v) is 16.0. The first-order chi connectivity index (χ1) is 20.4. The quantitative estimate of drug-likeness (QED) is 0.186. The van der Waals surface area contributed by atoms with Gasteiger partial charge in [0.05, 0.1) is 0 Å². The van der Waals surface area contributed by atoms with E-state index in [9.17, 15) is 9.59 Å². The standard InChI is InChI=1S/C36H42O6/c1-21(31-17-23-11-13-25(31)15-23)41-33(37)19-39-35-27-7-3-5-9-29(27)36(30-10-6-4-8-28(30)35)40-20-34(38)42-22(2)32-18-24-12-14-26(32)16-24/h3-10,21-26,31-32H,11-20H2,1-2H3. The Morgan fingerprint density at radius 1 is 0.619 bits per heavy atom. The zero-order valence-corrected chi connectivity index (χ0v) is 24.8. The topological polar surface area (TPSA) is 71.1 Å². The molecule has 6 nitrogen and oxygen atoms in total. The Morgan fingerprint density at radius 3 is 1.31 bits per heavy atom. The second-order valence-corrected chi connectivity index (χ2v) is 13.4. The lowest BCUT2D eigenvalue weighted by Gasteiger charge is -2.27. The molecule has 4 bridgehead atoms. The summed E-state index contributed by atoms with van der Waals surface area (Å²) in [5, 5.41) is 3.29. The van der Waals surface area contributed by atoms with Crippen molar-refractivity contribution in [1.29, 1.82) is 0 Å².